The fraction of sp³-hybridized carbons (Fsp3) is 0.385. The standard InChI is InChI=1S/C10H14N2O.C2H6.CH5N3/c1-12-10(13)9(11)7-8-5-3-2-4-6-8;1-2;2-1(3)4/h2-6,9H,7,11H2,1H3,(H,12,13);1-2H3;(H5,2,3,4). The molecule has 0 spiro atoms. The van der Waals surface area contributed by atoms with E-state index in [1.807, 2.05) is 44.2 Å². The maximum atomic E-state index is 11.1. The van der Waals surface area contributed by atoms with Crippen molar-refractivity contribution in [2.24, 2.45) is 17.2 Å². The Morgan fingerprint density at radius 2 is 1.68 bits per heavy atom. The quantitative estimate of drug-likeness (QED) is 0.394. The molecule has 0 saturated carbocycles. The number of likely N-dealkylation sites (N-methyl/N-ethyl adjacent to an activating group) is 1. The Morgan fingerprint density at radius 3 is 2.05 bits per heavy atom. The van der Waals surface area contributed by atoms with Gasteiger partial charge in [0.05, 0.1) is 6.04 Å². The van der Waals surface area contributed by atoms with Crippen LogP contribution in [0.15, 0.2) is 30.3 Å². The van der Waals surface area contributed by atoms with Crippen LogP contribution in [-0.2, 0) is 11.2 Å². The Hall–Kier alpha value is -2.08. The first-order valence-electron chi connectivity index (χ1n) is 6.08. The number of carbonyl (C=O) groups excluding carboxylic acids is 1. The van der Waals surface area contributed by atoms with Crippen molar-refractivity contribution in [3.8, 4) is 0 Å². The highest BCUT2D eigenvalue weighted by Gasteiger charge is 2.11. The smallest absolute Gasteiger partial charge is 0.237 e. The van der Waals surface area contributed by atoms with E-state index in [2.05, 4.69) is 16.8 Å². The van der Waals surface area contributed by atoms with E-state index in [0.29, 0.717) is 6.42 Å². The van der Waals surface area contributed by atoms with Crippen LogP contribution >= 0.6 is 0 Å². The molecule has 19 heavy (non-hydrogen) atoms. The molecule has 1 atom stereocenters. The normalized spacial score (nSPS) is 9.89. The third kappa shape index (κ3) is 12.2. The van der Waals surface area contributed by atoms with E-state index < -0.39 is 6.04 Å². The predicted molar refractivity (Wildman–Crippen MR) is 79.6 cm³/mol. The van der Waals surface area contributed by atoms with Crippen LogP contribution in [-0.4, -0.2) is 25.0 Å². The molecule has 1 amide bonds. The average molecular weight is 267 g/mol. The lowest BCUT2D eigenvalue weighted by atomic mass is 10.1. The Bertz CT molecular complexity index is 349. The van der Waals surface area contributed by atoms with E-state index in [9.17, 15) is 4.79 Å². The largest absolute Gasteiger partial charge is 0.370 e. The van der Waals surface area contributed by atoms with Gasteiger partial charge in [0.25, 0.3) is 0 Å². The van der Waals surface area contributed by atoms with Gasteiger partial charge in [-0.3, -0.25) is 10.2 Å². The molecule has 0 aliphatic heterocycles. The zero-order valence-corrected chi connectivity index (χ0v) is 11.8. The Balaban J connectivity index is 0. The molecule has 0 aliphatic rings. The lowest BCUT2D eigenvalue weighted by molar-refractivity contribution is -0.121. The molecule has 0 aromatic heterocycles. The zero-order valence-electron chi connectivity index (χ0n) is 11.8. The second kappa shape index (κ2) is 12.4. The lowest BCUT2D eigenvalue weighted by Gasteiger charge is -2.09. The zero-order chi connectivity index (χ0) is 15.3. The second-order valence-electron chi connectivity index (χ2n) is 3.37. The maximum Gasteiger partial charge on any atom is 0.237 e. The first kappa shape index (κ1) is 19.3. The van der Waals surface area contributed by atoms with Gasteiger partial charge in [0.15, 0.2) is 5.96 Å². The second-order valence-corrected chi connectivity index (χ2v) is 3.37. The topological polar surface area (TPSA) is 131 Å². The molecule has 8 N–H and O–H groups in total. The van der Waals surface area contributed by atoms with E-state index in [1.54, 1.807) is 7.05 Å². The summed E-state index contributed by atoms with van der Waals surface area (Å²) in [4.78, 5) is 11.1. The number of guanidine groups is 1. The molecule has 6 nitrogen and oxygen atoms in total. The number of benzene rings is 1. The number of rotatable bonds is 3. The molecule has 1 rings (SSSR count). The molecule has 0 aliphatic carbocycles. The lowest BCUT2D eigenvalue weighted by Crippen LogP contribution is -2.40. The molecule has 0 radical (unpaired) electrons. The number of nitrogens with two attached hydrogens (primary N) is 3. The monoisotopic (exact) mass is 267 g/mol. The van der Waals surface area contributed by atoms with Crippen LogP contribution in [0.4, 0.5) is 0 Å². The van der Waals surface area contributed by atoms with Crippen LogP contribution in [0, 0.1) is 5.41 Å². The van der Waals surface area contributed by atoms with Crippen molar-refractivity contribution in [2.45, 2.75) is 26.3 Å². The molecule has 6 heteroatoms. The van der Waals surface area contributed by atoms with Crippen molar-refractivity contribution in [2.75, 3.05) is 7.05 Å². The van der Waals surface area contributed by atoms with Gasteiger partial charge in [-0.05, 0) is 12.0 Å². The Morgan fingerprint density at radius 1 is 1.26 bits per heavy atom. The average Bonchev–Trinajstić information content (AvgIpc) is 2.40. The third-order valence-electron chi connectivity index (χ3n) is 1.88. The summed E-state index contributed by atoms with van der Waals surface area (Å²) >= 11 is 0. The molecule has 0 fully saturated rings. The number of nitrogens with one attached hydrogen (secondary N) is 2. The highest BCUT2D eigenvalue weighted by molar-refractivity contribution is 5.81. The van der Waals surface area contributed by atoms with Crippen molar-refractivity contribution in [1.29, 1.82) is 5.41 Å². The summed E-state index contributed by atoms with van der Waals surface area (Å²) in [6, 6.07) is 9.28. The van der Waals surface area contributed by atoms with Crippen LogP contribution in [0.3, 0.4) is 0 Å². The molecule has 0 heterocycles. The molecular weight excluding hydrogens is 242 g/mol. The van der Waals surface area contributed by atoms with Gasteiger partial charge in [-0.25, -0.2) is 0 Å². The van der Waals surface area contributed by atoms with Gasteiger partial charge in [-0.1, -0.05) is 44.2 Å². The summed E-state index contributed by atoms with van der Waals surface area (Å²) < 4.78 is 0. The van der Waals surface area contributed by atoms with Crippen LogP contribution in [0.5, 0.6) is 0 Å². The Labute approximate surface area is 114 Å². The minimum absolute atomic E-state index is 0.121. The fourth-order valence-corrected chi connectivity index (χ4v) is 1.15. The molecular formula is C13H25N5O. The molecule has 108 valence electrons. The van der Waals surface area contributed by atoms with Crippen LogP contribution in [0.2, 0.25) is 0 Å². The number of hydrogen-bond donors (Lipinski definition) is 5. The number of amides is 1. The minimum atomic E-state index is -0.451. The summed E-state index contributed by atoms with van der Waals surface area (Å²) in [5.74, 6) is -0.455. The van der Waals surface area contributed by atoms with Crippen molar-refractivity contribution in [3.05, 3.63) is 35.9 Å². The van der Waals surface area contributed by atoms with E-state index in [0.717, 1.165) is 5.56 Å². The first-order valence-corrected chi connectivity index (χ1v) is 6.08. The molecule has 0 saturated heterocycles. The summed E-state index contributed by atoms with van der Waals surface area (Å²) in [6.45, 7) is 4.00. The van der Waals surface area contributed by atoms with Crippen LogP contribution in [0.1, 0.15) is 19.4 Å². The fourth-order valence-electron chi connectivity index (χ4n) is 1.15. The van der Waals surface area contributed by atoms with E-state index >= 15 is 0 Å². The highest BCUT2D eigenvalue weighted by atomic mass is 16.2. The van der Waals surface area contributed by atoms with Gasteiger partial charge in [0, 0.05) is 7.05 Å². The van der Waals surface area contributed by atoms with Crippen LogP contribution in [0.25, 0.3) is 0 Å². The molecule has 1 aromatic carbocycles. The maximum absolute atomic E-state index is 11.1. The summed E-state index contributed by atoms with van der Waals surface area (Å²) in [6.07, 6.45) is 0.584. The first-order chi connectivity index (χ1) is 8.97. The van der Waals surface area contributed by atoms with Crippen LogP contribution < -0.4 is 22.5 Å². The van der Waals surface area contributed by atoms with Crippen molar-refractivity contribution >= 4 is 11.9 Å². The summed E-state index contributed by atoms with van der Waals surface area (Å²) in [5, 5.41) is 8.58. The SMILES string of the molecule is CC.CNC(=O)C(N)Cc1ccccc1.N=C(N)N. The van der Waals surface area contributed by atoms with Gasteiger partial charge in [-0.15, -0.1) is 0 Å². The van der Waals surface area contributed by atoms with Crippen molar-refractivity contribution < 1.29 is 4.79 Å². The van der Waals surface area contributed by atoms with Gasteiger partial charge >= 0.3 is 0 Å². The Kier molecular flexibility index (Phi) is 12.6. The highest BCUT2D eigenvalue weighted by Crippen LogP contribution is 2.01. The van der Waals surface area contributed by atoms with E-state index in [-0.39, 0.29) is 11.9 Å². The van der Waals surface area contributed by atoms with Gasteiger partial charge in [0.2, 0.25) is 5.91 Å². The third-order valence-corrected chi connectivity index (χ3v) is 1.88. The molecule has 1 aromatic rings. The van der Waals surface area contributed by atoms with Gasteiger partial charge < -0.3 is 22.5 Å². The molecule has 0 bridgehead atoms. The summed E-state index contributed by atoms with van der Waals surface area (Å²) in [5.41, 5.74) is 15.7. The van der Waals surface area contributed by atoms with Crippen molar-refractivity contribution in [1.82, 2.24) is 5.32 Å². The summed E-state index contributed by atoms with van der Waals surface area (Å²) in [7, 11) is 1.59. The number of carbonyl (C=O) groups is 1. The predicted octanol–water partition coefficient (Wildman–Crippen LogP) is 0.167. The minimum Gasteiger partial charge on any atom is -0.370 e. The van der Waals surface area contributed by atoms with Gasteiger partial charge in [0.1, 0.15) is 0 Å². The molecule has 1 unspecified atom stereocenters. The van der Waals surface area contributed by atoms with E-state index in [4.69, 9.17) is 11.1 Å². The van der Waals surface area contributed by atoms with Crippen molar-refractivity contribution in [3.63, 3.8) is 0 Å². The van der Waals surface area contributed by atoms with Gasteiger partial charge in [-0.2, -0.15) is 0 Å². The number of hydrogen-bond acceptors (Lipinski definition) is 3. The van der Waals surface area contributed by atoms with E-state index in [1.165, 1.54) is 0 Å².